The zero-order valence-corrected chi connectivity index (χ0v) is 22.8. The number of rotatable bonds is 10. The normalized spacial score (nSPS) is 18.3. The van der Waals surface area contributed by atoms with Gasteiger partial charge in [0, 0.05) is 42.8 Å². The molecule has 1 aromatic rings. The highest BCUT2D eigenvalue weighted by molar-refractivity contribution is 5.96. The molecule has 2 amide bonds. The molecule has 1 saturated heterocycles. The van der Waals surface area contributed by atoms with Crippen LogP contribution in [0.25, 0.3) is 0 Å². The lowest BCUT2D eigenvalue weighted by molar-refractivity contribution is -0.144. The molecular weight excluding hydrogens is 481 g/mol. The minimum absolute atomic E-state index is 0.00926. The zero-order valence-electron chi connectivity index (χ0n) is 22.8. The van der Waals surface area contributed by atoms with Crippen LogP contribution in [0, 0.1) is 23.6 Å². The second kappa shape index (κ2) is 13.8. The quantitative estimate of drug-likeness (QED) is 0.303. The van der Waals surface area contributed by atoms with Gasteiger partial charge in [-0.05, 0) is 49.9 Å². The smallest absolute Gasteiger partial charge is 0.306 e. The number of anilines is 1. The first-order valence-corrected chi connectivity index (χ1v) is 12.5. The van der Waals surface area contributed by atoms with Crippen LogP contribution in [-0.2, 0) is 20.9 Å². The Bertz CT molecular complexity index is 940. The lowest BCUT2D eigenvalue weighted by atomic mass is 9.87. The number of nitrogens with zero attached hydrogens (tertiary/aromatic N) is 2. The summed E-state index contributed by atoms with van der Waals surface area (Å²) in [5.74, 6) is -2.61. The summed E-state index contributed by atoms with van der Waals surface area (Å²) >= 11 is 0. The van der Waals surface area contributed by atoms with Gasteiger partial charge in [0.2, 0.25) is 11.8 Å². The van der Waals surface area contributed by atoms with Crippen LogP contribution in [0.5, 0.6) is 0 Å². The number of carboxylic acid groups (broad SMARTS) is 1. The standard InChI is InChI=1S/C22H35FN4O4.C4H9NO/c1-13(2)16(21(30)31)8-19(28)17(25)10-26-11-20(29)27(12-22(26,3)4)18-6-5-15(23)7-14(18)9-24;1-3(2)4(5)6/h5-7,13,16-17,19,28H,8-12,24-25H2,1-4H3,(H,30,31);3H,1-2H3,(H2,5,6). The van der Waals surface area contributed by atoms with Crippen LogP contribution in [-0.4, -0.2) is 70.2 Å². The molecule has 0 radical (unpaired) electrons. The summed E-state index contributed by atoms with van der Waals surface area (Å²) in [6.07, 6.45) is -0.953. The number of carbonyl (C=O) groups excluding carboxylic acids is 2. The number of aliphatic hydroxyl groups excluding tert-OH is 1. The Morgan fingerprint density at radius 3 is 2.22 bits per heavy atom. The third kappa shape index (κ3) is 9.33. The van der Waals surface area contributed by atoms with Crippen molar-refractivity contribution in [1.29, 1.82) is 0 Å². The second-order valence-corrected chi connectivity index (χ2v) is 10.9. The van der Waals surface area contributed by atoms with Gasteiger partial charge >= 0.3 is 5.97 Å². The number of benzene rings is 1. The van der Waals surface area contributed by atoms with E-state index >= 15 is 0 Å². The maximum Gasteiger partial charge on any atom is 0.306 e. The van der Waals surface area contributed by atoms with Crippen molar-refractivity contribution in [1.82, 2.24) is 4.90 Å². The molecule has 210 valence electrons. The Kier molecular flexibility index (Phi) is 12.1. The summed E-state index contributed by atoms with van der Waals surface area (Å²) < 4.78 is 13.6. The Morgan fingerprint density at radius 1 is 1.19 bits per heavy atom. The van der Waals surface area contributed by atoms with Crippen LogP contribution in [0.1, 0.15) is 53.5 Å². The van der Waals surface area contributed by atoms with Crippen molar-refractivity contribution in [3.8, 4) is 0 Å². The molecule has 1 fully saturated rings. The number of carbonyl (C=O) groups is 3. The lowest BCUT2D eigenvalue weighted by Gasteiger charge is -2.48. The molecule has 1 aliphatic heterocycles. The van der Waals surface area contributed by atoms with Crippen molar-refractivity contribution in [2.24, 2.45) is 35.0 Å². The maximum absolute atomic E-state index is 13.6. The van der Waals surface area contributed by atoms with E-state index in [1.54, 1.807) is 38.7 Å². The molecule has 11 heteroatoms. The Hall–Kier alpha value is -2.60. The number of hydrogen-bond donors (Lipinski definition) is 5. The van der Waals surface area contributed by atoms with Crippen LogP contribution in [0.2, 0.25) is 0 Å². The van der Waals surface area contributed by atoms with Crippen molar-refractivity contribution in [2.45, 2.75) is 72.2 Å². The molecule has 10 nitrogen and oxygen atoms in total. The Balaban J connectivity index is 0.00000102. The number of amides is 2. The van der Waals surface area contributed by atoms with Gasteiger partial charge in [-0.1, -0.05) is 27.7 Å². The number of carboxylic acids is 1. The van der Waals surface area contributed by atoms with Crippen LogP contribution in [0.15, 0.2) is 18.2 Å². The molecule has 8 N–H and O–H groups in total. The number of aliphatic carboxylic acids is 1. The minimum Gasteiger partial charge on any atom is -0.481 e. The first-order chi connectivity index (χ1) is 17.0. The average Bonchev–Trinajstić information content (AvgIpc) is 2.79. The van der Waals surface area contributed by atoms with Crippen molar-refractivity contribution >= 4 is 23.5 Å². The van der Waals surface area contributed by atoms with Gasteiger partial charge < -0.3 is 32.3 Å². The van der Waals surface area contributed by atoms with E-state index in [-0.39, 0.29) is 49.7 Å². The SMILES string of the molecule is CC(C)C(CC(O)C(N)CN1CC(=O)N(c2ccc(F)cc2CN)CC1(C)C)C(=O)O.CC(C)C(N)=O. The van der Waals surface area contributed by atoms with E-state index in [4.69, 9.17) is 17.2 Å². The molecular formula is C26H44FN5O5. The Morgan fingerprint density at radius 2 is 1.76 bits per heavy atom. The molecule has 0 saturated carbocycles. The zero-order chi connectivity index (χ0) is 28.7. The highest BCUT2D eigenvalue weighted by Crippen LogP contribution is 2.30. The average molecular weight is 526 g/mol. The lowest BCUT2D eigenvalue weighted by Crippen LogP contribution is -2.64. The molecule has 3 unspecified atom stereocenters. The van der Waals surface area contributed by atoms with E-state index < -0.39 is 35.4 Å². The maximum atomic E-state index is 13.6. The number of nitrogens with two attached hydrogens (primary N) is 3. The summed E-state index contributed by atoms with van der Waals surface area (Å²) in [4.78, 5) is 37.8. The largest absolute Gasteiger partial charge is 0.481 e. The van der Waals surface area contributed by atoms with Gasteiger partial charge in [0.1, 0.15) is 5.82 Å². The van der Waals surface area contributed by atoms with Crippen LogP contribution < -0.4 is 22.1 Å². The predicted molar refractivity (Wildman–Crippen MR) is 141 cm³/mol. The first-order valence-electron chi connectivity index (χ1n) is 12.5. The molecule has 3 atom stereocenters. The van der Waals surface area contributed by atoms with Gasteiger partial charge in [0.25, 0.3) is 0 Å². The topological polar surface area (TPSA) is 176 Å². The fourth-order valence-corrected chi connectivity index (χ4v) is 4.02. The van der Waals surface area contributed by atoms with Crippen molar-refractivity contribution in [3.05, 3.63) is 29.6 Å². The molecule has 1 aliphatic rings. The number of piperazine rings is 1. The summed E-state index contributed by atoms with van der Waals surface area (Å²) in [6, 6.07) is 3.50. The highest BCUT2D eigenvalue weighted by atomic mass is 19.1. The molecule has 1 heterocycles. The van der Waals surface area contributed by atoms with E-state index in [0.29, 0.717) is 17.8 Å². The highest BCUT2D eigenvalue weighted by Gasteiger charge is 2.40. The Labute approximate surface area is 219 Å². The predicted octanol–water partition coefficient (Wildman–Crippen LogP) is 1.27. The van der Waals surface area contributed by atoms with Gasteiger partial charge in [-0.15, -0.1) is 0 Å². The molecule has 0 bridgehead atoms. The monoisotopic (exact) mass is 525 g/mol. The third-order valence-electron chi connectivity index (χ3n) is 6.69. The minimum atomic E-state index is -1.01. The van der Waals surface area contributed by atoms with E-state index in [2.05, 4.69) is 0 Å². The van der Waals surface area contributed by atoms with E-state index in [1.807, 2.05) is 18.7 Å². The second-order valence-electron chi connectivity index (χ2n) is 10.9. The molecule has 37 heavy (non-hydrogen) atoms. The van der Waals surface area contributed by atoms with Crippen LogP contribution in [0.4, 0.5) is 10.1 Å². The number of aliphatic hydroxyl groups is 1. The fourth-order valence-electron chi connectivity index (χ4n) is 4.02. The van der Waals surface area contributed by atoms with Gasteiger partial charge in [-0.3, -0.25) is 19.3 Å². The number of hydrogen-bond acceptors (Lipinski definition) is 7. The van der Waals surface area contributed by atoms with Crippen molar-refractivity contribution in [2.75, 3.05) is 24.5 Å². The molecule has 0 spiro atoms. The summed E-state index contributed by atoms with van der Waals surface area (Å²) in [6.45, 7) is 11.8. The van der Waals surface area contributed by atoms with Gasteiger partial charge in [-0.25, -0.2) is 4.39 Å². The fraction of sp³-hybridized carbons (Fsp3) is 0.654. The first kappa shape index (κ1) is 32.4. The molecule has 0 aromatic heterocycles. The summed E-state index contributed by atoms with van der Waals surface area (Å²) in [7, 11) is 0. The number of halogens is 1. The number of primary amides is 1. The van der Waals surface area contributed by atoms with Crippen LogP contribution >= 0.6 is 0 Å². The van der Waals surface area contributed by atoms with Gasteiger partial charge in [-0.2, -0.15) is 0 Å². The van der Waals surface area contributed by atoms with Crippen LogP contribution in [0.3, 0.4) is 0 Å². The van der Waals surface area contributed by atoms with E-state index in [1.165, 1.54) is 12.1 Å². The van der Waals surface area contributed by atoms with Crippen molar-refractivity contribution < 1.29 is 29.0 Å². The summed E-state index contributed by atoms with van der Waals surface area (Å²) in [5, 5.41) is 19.9. The van der Waals surface area contributed by atoms with Gasteiger partial charge in [0.05, 0.1) is 18.6 Å². The summed E-state index contributed by atoms with van der Waals surface area (Å²) in [5.41, 5.74) is 17.4. The molecule has 2 rings (SSSR count). The molecule has 1 aromatic carbocycles. The van der Waals surface area contributed by atoms with E-state index in [0.717, 1.165) is 0 Å². The van der Waals surface area contributed by atoms with Gasteiger partial charge in [0.15, 0.2) is 0 Å². The van der Waals surface area contributed by atoms with E-state index in [9.17, 15) is 29.0 Å². The molecule has 0 aliphatic carbocycles. The van der Waals surface area contributed by atoms with Crippen molar-refractivity contribution in [3.63, 3.8) is 0 Å². The third-order valence-corrected chi connectivity index (χ3v) is 6.69.